The van der Waals surface area contributed by atoms with Gasteiger partial charge in [0.15, 0.2) is 0 Å². The summed E-state index contributed by atoms with van der Waals surface area (Å²) in [7, 11) is 0. The smallest absolute Gasteiger partial charge is 0.119 e. The predicted molar refractivity (Wildman–Crippen MR) is 245 cm³/mol. The normalized spacial score (nSPS) is 11.7. The van der Waals surface area contributed by atoms with Crippen LogP contribution >= 0.6 is 0 Å². The Morgan fingerprint density at radius 2 is 0.517 bits per heavy atom. The molecular formula is C52H60N2O4. The van der Waals surface area contributed by atoms with Crippen LogP contribution in [0.2, 0.25) is 0 Å². The summed E-state index contributed by atoms with van der Waals surface area (Å²) in [6, 6.07) is 32.7. The van der Waals surface area contributed by atoms with E-state index in [-0.39, 0.29) is 0 Å². The van der Waals surface area contributed by atoms with Gasteiger partial charge in [-0.1, -0.05) is 126 Å². The first kappa shape index (κ1) is 43.2. The number of ether oxygens (including phenoxy) is 4. The molecule has 0 atom stereocenters. The van der Waals surface area contributed by atoms with Crippen LogP contribution in [0.5, 0.6) is 23.0 Å². The number of unbranched alkanes of at least 4 members (excludes halogenated alkanes) is 4. The fourth-order valence-electron chi connectivity index (χ4n) is 5.72. The number of rotatable bonds is 24. The van der Waals surface area contributed by atoms with E-state index in [2.05, 4.69) is 101 Å². The molecule has 0 fully saturated rings. The number of benzene rings is 4. The van der Waals surface area contributed by atoms with Crippen molar-refractivity contribution in [2.75, 3.05) is 26.4 Å². The van der Waals surface area contributed by atoms with Gasteiger partial charge in [0.2, 0.25) is 0 Å². The summed E-state index contributed by atoms with van der Waals surface area (Å²) >= 11 is 0. The monoisotopic (exact) mass is 776 g/mol. The Morgan fingerprint density at radius 1 is 0.310 bits per heavy atom. The minimum Gasteiger partial charge on any atom is -0.494 e. The third kappa shape index (κ3) is 14.9. The largest absolute Gasteiger partial charge is 0.494 e. The van der Waals surface area contributed by atoms with Gasteiger partial charge < -0.3 is 18.9 Å². The maximum absolute atomic E-state index is 5.90. The summed E-state index contributed by atoms with van der Waals surface area (Å²) in [6.45, 7) is 11.5. The molecule has 0 aliphatic rings. The summed E-state index contributed by atoms with van der Waals surface area (Å²) in [5.74, 6) is 3.49. The molecule has 58 heavy (non-hydrogen) atoms. The second-order valence-corrected chi connectivity index (χ2v) is 14.2. The van der Waals surface area contributed by atoms with Gasteiger partial charge in [0, 0.05) is 0 Å². The van der Waals surface area contributed by atoms with Crippen molar-refractivity contribution in [1.82, 2.24) is 9.97 Å². The molecule has 1 heterocycles. The molecule has 0 saturated carbocycles. The van der Waals surface area contributed by atoms with Crippen molar-refractivity contribution >= 4 is 48.6 Å². The zero-order chi connectivity index (χ0) is 40.6. The minimum atomic E-state index is 0.721. The first-order valence-corrected chi connectivity index (χ1v) is 21.1. The van der Waals surface area contributed by atoms with Crippen LogP contribution in [-0.4, -0.2) is 36.4 Å². The van der Waals surface area contributed by atoms with E-state index in [1.165, 1.54) is 0 Å². The average Bonchev–Trinajstić information content (AvgIpc) is 3.26. The highest BCUT2D eigenvalue weighted by atomic mass is 16.5. The average molecular weight is 777 g/mol. The summed E-state index contributed by atoms with van der Waals surface area (Å²) < 4.78 is 23.6. The minimum absolute atomic E-state index is 0.721. The van der Waals surface area contributed by atoms with Crippen LogP contribution < -0.4 is 18.9 Å². The molecule has 0 saturated heterocycles. The Morgan fingerprint density at radius 3 is 0.707 bits per heavy atom. The van der Waals surface area contributed by atoms with Crippen molar-refractivity contribution in [3.05, 3.63) is 142 Å². The van der Waals surface area contributed by atoms with E-state index in [0.29, 0.717) is 0 Å². The Bertz CT molecular complexity index is 1750. The van der Waals surface area contributed by atoms with Crippen molar-refractivity contribution in [2.24, 2.45) is 0 Å². The summed E-state index contributed by atoms with van der Waals surface area (Å²) in [6.07, 6.45) is 25.0. The molecule has 0 N–H and O–H groups in total. The van der Waals surface area contributed by atoms with Crippen molar-refractivity contribution < 1.29 is 18.9 Å². The number of hydrogen-bond donors (Lipinski definition) is 0. The van der Waals surface area contributed by atoms with E-state index in [0.717, 1.165) is 146 Å². The van der Waals surface area contributed by atoms with E-state index < -0.39 is 0 Å². The fourth-order valence-corrected chi connectivity index (χ4v) is 5.72. The molecule has 0 aliphatic carbocycles. The standard InChI is InChI=1S/C52H60N2O4/c1-5-9-37-55-45-25-13-41(14-26-45)21-33-49-50(34-22-42-15-27-46(28-16-42)56-38-10-6-2)54-52(36-24-44-19-31-48(32-20-44)58-40-12-8-4)51(53-49)35-23-43-17-29-47(30-18-43)57-39-11-7-3/h13-36H,5-12,37-40H2,1-4H3/b33-21+,34-22+,35-23+,36-24+. The van der Waals surface area contributed by atoms with Gasteiger partial charge in [0.25, 0.3) is 0 Å². The Labute approximate surface area is 347 Å². The summed E-state index contributed by atoms with van der Waals surface area (Å²) in [5.41, 5.74) is 7.19. The first-order valence-electron chi connectivity index (χ1n) is 21.1. The number of aromatic nitrogens is 2. The van der Waals surface area contributed by atoms with E-state index >= 15 is 0 Å². The lowest BCUT2D eigenvalue weighted by Crippen LogP contribution is -2.00. The van der Waals surface area contributed by atoms with Crippen LogP contribution in [0.1, 0.15) is 124 Å². The van der Waals surface area contributed by atoms with Crippen molar-refractivity contribution in [2.45, 2.75) is 79.1 Å². The van der Waals surface area contributed by atoms with E-state index in [4.69, 9.17) is 28.9 Å². The van der Waals surface area contributed by atoms with Gasteiger partial charge in [-0.15, -0.1) is 0 Å². The number of hydrogen-bond acceptors (Lipinski definition) is 6. The van der Waals surface area contributed by atoms with Crippen LogP contribution in [-0.2, 0) is 0 Å². The van der Waals surface area contributed by atoms with Crippen molar-refractivity contribution in [1.29, 1.82) is 0 Å². The van der Waals surface area contributed by atoms with E-state index in [1.807, 2.05) is 72.8 Å². The van der Waals surface area contributed by atoms with Crippen LogP contribution in [0.4, 0.5) is 0 Å². The molecule has 0 radical (unpaired) electrons. The Hall–Kier alpha value is -5.88. The van der Waals surface area contributed by atoms with Crippen molar-refractivity contribution in [3.8, 4) is 23.0 Å². The van der Waals surface area contributed by atoms with Crippen molar-refractivity contribution in [3.63, 3.8) is 0 Å². The lowest BCUT2D eigenvalue weighted by Gasteiger charge is -2.09. The van der Waals surface area contributed by atoms with E-state index in [9.17, 15) is 0 Å². The highest BCUT2D eigenvalue weighted by Gasteiger charge is 2.09. The molecule has 0 bridgehead atoms. The molecule has 6 heteroatoms. The lowest BCUT2D eigenvalue weighted by molar-refractivity contribution is 0.309. The Balaban J connectivity index is 1.50. The second kappa shape index (κ2) is 24.7. The molecule has 6 nitrogen and oxygen atoms in total. The molecular weight excluding hydrogens is 717 g/mol. The maximum atomic E-state index is 5.90. The van der Waals surface area contributed by atoms with Gasteiger partial charge in [-0.3, -0.25) is 0 Å². The third-order valence-corrected chi connectivity index (χ3v) is 9.33. The SMILES string of the molecule is CCCCOc1ccc(/C=C/c2nc(/C=C/c3ccc(OCCCC)cc3)c(/C=C/c3ccc(OCCCC)cc3)nc2/C=C/c2ccc(OCCCC)cc2)cc1. The number of nitrogens with zero attached hydrogens (tertiary/aromatic N) is 2. The summed E-state index contributed by atoms with van der Waals surface area (Å²) in [4.78, 5) is 10.5. The van der Waals surface area contributed by atoms with Gasteiger partial charge in [0.1, 0.15) is 23.0 Å². The molecule has 0 amide bonds. The molecule has 4 aromatic carbocycles. The molecule has 0 spiro atoms. The molecule has 5 aromatic rings. The highest BCUT2D eigenvalue weighted by molar-refractivity contribution is 5.81. The van der Waals surface area contributed by atoms with Crippen LogP contribution in [0.15, 0.2) is 97.1 Å². The summed E-state index contributed by atoms with van der Waals surface area (Å²) in [5, 5.41) is 0. The molecule has 1 aromatic heterocycles. The molecule has 0 aliphatic heterocycles. The van der Waals surface area contributed by atoms with Gasteiger partial charge in [-0.05, 0) is 121 Å². The molecule has 302 valence electrons. The fraction of sp³-hybridized carbons (Fsp3) is 0.308. The zero-order valence-corrected chi connectivity index (χ0v) is 34.9. The third-order valence-electron chi connectivity index (χ3n) is 9.33. The predicted octanol–water partition coefficient (Wildman–Crippen LogP) is 13.9. The van der Waals surface area contributed by atoms with Gasteiger partial charge in [-0.2, -0.15) is 0 Å². The molecule has 0 unspecified atom stereocenters. The topological polar surface area (TPSA) is 62.7 Å². The second-order valence-electron chi connectivity index (χ2n) is 14.2. The van der Waals surface area contributed by atoms with Gasteiger partial charge in [0.05, 0.1) is 49.2 Å². The maximum Gasteiger partial charge on any atom is 0.119 e. The van der Waals surface area contributed by atoms with Crippen LogP contribution in [0.25, 0.3) is 48.6 Å². The zero-order valence-electron chi connectivity index (χ0n) is 34.9. The lowest BCUT2D eigenvalue weighted by atomic mass is 10.1. The Kier molecular flexibility index (Phi) is 18.4. The van der Waals surface area contributed by atoms with Gasteiger partial charge >= 0.3 is 0 Å². The quantitative estimate of drug-likeness (QED) is 0.0582. The van der Waals surface area contributed by atoms with Crippen LogP contribution in [0, 0.1) is 0 Å². The highest BCUT2D eigenvalue weighted by Crippen LogP contribution is 2.23. The van der Waals surface area contributed by atoms with Gasteiger partial charge in [-0.25, -0.2) is 9.97 Å². The molecule has 5 rings (SSSR count). The van der Waals surface area contributed by atoms with Crippen LogP contribution in [0.3, 0.4) is 0 Å². The first-order chi connectivity index (χ1) is 28.6. The van der Waals surface area contributed by atoms with E-state index in [1.54, 1.807) is 0 Å².